The van der Waals surface area contributed by atoms with E-state index in [1.807, 2.05) is 18.2 Å². The molecule has 0 saturated carbocycles. The number of aryl methyl sites for hydroxylation is 1. The van der Waals surface area contributed by atoms with Gasteiger partial charge in [-0.1, -0.05) is 33.7 Å². The number of ether oxygens (including phenoxy) is 2. The second-order valence-corrected chi connectivity index (χ2v) is 12.9. The van der Waals surface area contributed by atoms with Crippen LogP contribution in [-0.4, -0.2) is 53.0 Å². The lowest BCUT2D eigenvalue weighted by molar-refractivity contribution is -0.143. The Morgan fingerprint density at radius 2 is 1.82 bits per heavy atom. The van der Waals surface area contributed by atoms with Crippen LogP contribution in [0.25, 0.3) is 10.2 Å². The highest BCUT2D eigenvalue weighted by Crippen LogP contribution is 2.38. The van der Waals surface area contributed by atoms with Crippen molar-refractivity contribution in [1.82, 2.24) is 4.57 Å². The molecule has 3 aromatic rings. The van der Waals surface area contributed by atoms with E-state index in [4.69, 9.17) is 9.47 Å². The minimum Gasteiger partial charge on any atom is -0.465 e. The van der Waals surface area contributed by atoms with Gasteiger partial charge in [-0.15, -0.1) is 23.1 Å². The highest BCUT2D eigenvalue weighted by molar-refractivity contribution is 9.10. The van der Waals surface area contributed by atoms with Crippen molar-refractivity contribution in [3.8, 4) is 0 Å². The zero-order valence-electron chi connectivity index (χ0n) is 22.2. The van der Waals surface area contributed by atoms with Gasteiger partial charge in [-0.2, -0.15) is 4.99 Å². The van der Waals surface area contributed by atoms with Crippen LogP contribution in [0.4, 0.5) is 5.00 Å². The third-order valence-corrected chi connectivity index (χ3v) is 9.73. The van der Waals surface area contributed by atoms with Crippen molar-refractivity contribution < 1.29 is 28.7 Å². The second-order valence-electron chi connectivity index (χ2n) is 8.92. The molecule has 1 aliphatic rings. The summed E-state index contributed by atoms with van der Waals surface area (Å²) in [6, 6.07) is 5.61. The van der Waals surface area contributed by atoms with Crippen LogP contribution in [-0.2, 0) is 43.2 Å². The van der Waals surface area contributed by atoms with Gasteiger partial charge in [0.25, 0.3) is 5.91 Å². The minimum atomic E-state index is -0.420. The molecule has 1 aliphatic carbocycles. The lowest BCUT2D eigenvalue weighted by Crippen LogP contribution is -2.23. The molecule has 214 valence electrons. The van der Waals surface area contributed by atoms with Crippen molar-refractivity contribution in [3.63, 3.8) is 0 Å². The third kappa shape index (κ3) is 7.62. The maximum atomic E-state index is 12.8. The third-order valence-electron chi connectivity index (χ3n) is 6.07. The lowest BCUT2D eigenvalue weighted by Gasteiger charge is -2.08. The van der Waals surface area contributed by atoms with Gasteiger partial charge in [0.1, 0.15) is 11.5 Å². The van der Waals surface area contributed by atoms with Crippen LogP contribution < -0.4 is 10.1 Å². The number of benzene rings is 1. The van der Waals surface area contributed by atoms with Gasteiger partial charge in [-0.05, 0) is 63.3 Å². The number of thioether (sulfide) groups is 1. The molecule has 0 saturated heterocycles. The Balaban J connectivity index is 1.43. The number of hydrogen-bond acceptors (Lipinski definition) is 9. The molecular formula is C27H30BrN3O6S3. The molecule has 4 rings (SSSR count). The van der Waals surface area contributed by atoms with Gasteiger partial charge in [-0.25, -0.2) is 4.79 Å². The van der Waals surface area contributed by atoms with Crippen molar-refractivity contribution in [1.29, 1.82) is 0 Å². The van der Waals surface area contributed by atoms with Crippen LogP contribution in [0.5, 0.6) is 0 Å². The first-order chi connectivity index (χ1) is 19.3. The zero-order valence-corrected chi connectivity index (χ0v) is 26.3. The summed E-state index contributed by atoms with van der Waals surface area (Å²) in [6.45, 7) is 3.95. The molecule has 13 heteroatoms. The van der Waals surface area contributed by atoms with Crippen LogP contribution in [0.2, 0.25) is 0 Å². The maximum Gasteiger partial charge on any atom is 0.341 e. The molecule has 0 bridgehead atoms. The first kappa shape index (κ1) is 30.5. The Hall–Kier alpha value is -2.48. The molecule has 1 aromatic carbocycles. The van der Waals surface area contributed by atoms with E-state index < -0.39 is 17.8 Å². The first-order valence-electron chi connectivity index (χ1n) is 13.0. The van der Waals surface area contributed by atoms with Crippen molar-refractivity contribution in [3.05, 3.63) is 43.5 Å². The SMILES string of the molecule is CCOC(=O)Cn1c(=NC(=O)CSCC(=O)Nc2sc3c(c2C(=O)OCC)CCCCC3)sc2cc(Br)ccc21. The summed E-state index contributed by atoms with van der Waals surface area (Å²) in [7, 11) is 0. The van der Waals surface area contributed by atoms with E-state index in [9.17, 15) is 19.2 Å². The number of amides is 2. The van der Waals surface area contributed by atoms with Gasteiger partial charge < -0.3 is 19.4 Å². The minimum absolute atomic E-state index is 0.0174. The molecule has 1 N–H and O–H groups in total. The van der Waals surface area contributed by atoms with Crippen molar-refractivity contribution in [2.24, 2.45) is 4.99 Å². The highest BCUT2D eigenvalue weighted by Gasteiger charge is 2.26. The van der Waals surface area contributed by atoms with Gasteiger partial charge in [0.05, 0.1) is 40.5 Å². The number of carbonyl (C=O) groups excluding carboxylic acids is 4. The zero-order chi connectivity index (χ0) is 28.6. The summed E-state index contributed by atoms with van der Waals surface area (Å²) in [6.07, 6.45) is 4.86. The van der Waals surface area contributed by atoms with Gasteiger partial charge in [0.15, 0.2) is 4.80 Å². The quantitative estimate of drug-likeness (QED) is 0.229. The normalized spacial score (nSPS) is 13.5. The van der Waals surface area contributed by atoms with Crippen LogP contribution >= 0.6 is 50.4 Å². The highest BCUT2D eigenvalue weighted by atomic mass is 79.9. The van der Waals surface area contributed by atoms with E-state index >= 15 is 0 Å². The summed E-state index contributed by atoms with van der Waals surface area (Å²) >= 11 is 7.32. The summed E-state index contributed by atoms with van der Waals surface area (Å²) < 4.78 is 13.8. The number of esters is 2. The lowest BCUT2D eigenvalue weighted by atomic mass is 10.1. The number of rotatable bonds is 10. The van der Waals surface area contributed by atoms with Crippen molar-refractivity contribution >= 4 is 89.3 Å². The molecule has 2 heterocycles. The first-order valence-corrected chi connectivity index (χ1v) is 16.6. The largest absolute Gasteiger partial charge is 0.465 e. The van der Waals surface area contributed by atoms with Crippen molar-refractivity contribution in [2.75, 3.05) is 30.0 Å². The molecule has 0 spiro atoms. The van der Waals surface area contributed by atoms with E-state index in [2.05, 4.69) is 26.2 Å². The monoisotopic (exact) mass is 667 g/mol. The standard InChI is InChI=1S/C27H30BrN3O6S3/c1-3-36-23(34)13-31-18-11-10-16(28)12-20(18)40-27(31)30-22(33)15-38-14-21(32)29-25-24(26(35)37-4-2)17-8-6-5-7-9-19(17)39-25/h10-12H,3-9,13-15H2,1-2H3,(H,29,32). The van der Waals surface area contributed by atoms with Gasteiger partial charge in [0, 0.05) is 9.35 Å². The molecular weight excluding hydrogens is 638 g/mol. The summed E-state index contributed by atoms with van der Waals surface area (Å²) in [4.78, 5) is 56.2. The summed E-state index contributed by atoms with van der Waals surface area (Å²) in [5, 5.41) is 3.39. The van der Waals surface area contributed by atoms with Crippen LogP contribution in [0.3, 0.4) is 0 Å². The van der Waals surface area contributed by atoms with Gasteiger partial charge >= 0.3 is 11.9 Å². The second kappa shape index (κ2) is 14.4. The Morgan fingerprint density at radius 3 is 2.60 bits per heavy atom. The average Bonchev–Trinajstić information content (AvgIpc) is 3.30. The van der Waals surface area contributed by atoms with Crippen LogP contribution in [0.1, 0.15) is 53.9 Å². The fourth-order valence-corrected chi connectivity index (χ4v) is 7.89. The van der Waals surface area contributed by atoms with Gasteiger partial charge in [0.2, 0.25) is 5.91 Å². The van der Waals surface area contributed by atoms with E-state index in [-0.39, 0.29) is 37.2 Å². The predicted molar refractivity (Wildman–Crippen MR) is 162 cm³/mol. The molecule has 0 unspecified atom stereocenters. The Kier molecular flexibility index (Phi) is 11.0. The van der Waals surface area contributed by atoms with E-state index in [1.165, 1.54) is 22.7 Å². The van der Waals surface area contributed by atoms with E-state index in [0.717, 1.165) is 69.0 Å². The number of aromatic nitrogens is 1. The molecule has 0 fully saturated rings. The fourth-order valence-electron chi connectivity index (χ4n) is 4.40. The number of thiophene rings is 1. The Labute approximate surface area is 252 Å². The summed E-state index contributed by atoms with van der Waals surface area (Å²) in [5.41, 5.74) is 2.23. The van der Waals surface area contributed by atoms with Crippen LogP contribution in [0, 0.1) is 0 Å². The number of anilines is 1. The van der Waals surface area contributed by atoms with Crippen LogP contribution in [0.15, 0.2) is 27.7 Å². The molecule has 0 atom stereocenters. The number of halogens is 1. The number of nitrogens with one attached hydrogen (secondary N) is 1. The number of hydrogen-bond donors (Lipinski definition) is 1. The van der Waals surface area contributed by atoms with Crippen molar-refractivity contribution in [2.45, 2.75) is 52.5 Å². The Bertz CT molecular complexity index is 1490. The number of carbonyl (C=O) groups is 4. The number of nitrogens with zero attached hydrogens (tertiary/aromatic N) is 2. The molecule has 2 amide bonds. The molecule has 40 heavy (non-hydrogen) atoms. The number of thiazole rings is 1. The molecule has 0 radical (unpaired) electrons. The molecule has 0 aliphatic heterocycles. The number of fused-ring (bicyclic) bond motifs is 2. The maximum absolute atomic E-state index is 12.8. The van der Waals surface area contributed by atoms with E-state index in [0.29, 0.717) is 15.4 Å². The topological polar surface area (TPSA) is 116 Å². The Morgan fingerprint density at radius 1 is 1.05 bits per heavy atom. The predicted octanol–water partition coefficient (Wildman–Crippen LogP) is 5.33. The molecule has 9 nitrogen and oxygen atoms in total. The summed E-state index contributed by atoms with van der Waals surface area (Å²) in [5.74, 6) is -1.55. The smallest absolute Gasteiger partial charge is 0.341 e. The fraction of sp³-hybridized carbons (Fsp3) is 0.444. The average molecular weight is 669 g/mol. The van der Waals surface area contributed by atoms with Gasteiger partial charge in [-0.3, -0.25) is 14.4 Å². The van der Waals surface area contributed by atoms with E-state index in [1.54, 1.807) is 18.4 Å². The molecule has 2 aromatic heterocycles.